The molecule has 1 saturated carbocycles. The lowest BCUT2D eigenvalue weighted by Gasteiger charge is -2.34. The molecule has 0 aliphatic heterocycles. The third-order valence-electron chi connectivity index (χ3n) is 5.32. The van der Waals surface area contributed by atoms with Crippen molar-refractivity contribution in [2.45, 2.75) is 51.4 Å². The summed E-state index contributed by atoms with van der Waals surface area (Å²) in [5.41, 5.74) is 1.54. The van der Waals surface area contributed by atoms with Crippen LogP contribution < -0.4 is 5.32 Å². The maximum absolute atomic E-state index is 12.9. The number of nitrogens with one attached hydrogen (secondary N) is 1. The van der Waals surface area contributed by atoms with Gasteiger partial charge in [0.05, 0.1) is 18.3 Å². The number of aromatic nitrogens is 2. The van der Waals surface area contributed by atoms with Crippen LogP contribution in [-0.2, 0) is 17.9 Å². The molecule has 2 N–H and O–H groups in total. The Balaban J connectivity index is 1.59. The van der Waals surface area contributed by atoms with Crippen LogP contribution in [-0.4, -0.2) is 50.8 Å². The summed E-state index contributed by atoms with van der Waals surface area (Å²) >= 11 is 0. The summed E-state index contributed by atoms with van der Waals surface area (Å²) < 4.78 is 1.83. The van der Waals surface area contributed by atoms with Crippen LogP contribution in [0.1, 0.15) is 42.1 Å². The molecule has 1 aromatic heterocycles. The molecule has 3 atom stereocenters. The molecule has 0 unspecified atom stereocenters. The van der Waals surface area contributed by atoms with E-state index in [1.165, 1.54) is 0 Å². The van der Waals surface area contributed by atoms with Crippen LogP contribution in [0.4, 0.5) is 0 Å². The van der Waals surface area contributed by atoms with Crippen molar-refractivity contribution >= 4 is 11.8 Å². The molecule has 28 heavy (non-hydrogen) atoms. The molecular formula is C21H28N4O3. The zero-order chi connectivity index (χ0) is 20.1. The Morgan fingerprint density at radius 3 is 2.71 bits per heavy atom. The Bertz CT molecular complexity index is 805. The summed E-state index contributed by atoms with van der Waals surface area (Å²) in [7, 11) is 1.79. The van der Waals surface area contributed by atoms with Gasteiger partial charge in [0, 0.05) is 43.4 Å². The largest absolute Gasteiger partial charge is 0.391 e. The van der Waals surface area contributed by atoms with Crippen molar-refractivity contribution in [3.05, 3.63) is 53.9 Å². The maximum Gasteiger partial charge on any atom is 0.251 e. The van der Waals surface area contributed by atoms with Crippen LogP contribution in [0.15, 0.2) is 42.7 Å². The van der Waals surface area contributed by atoms with Crippen molar-refractivity contribution in [2.75, 3.05) is 7.05 Å². The normalized spacial score (nSPS) is 21.9. The zero-order valence-corrected chi connectivity index (χ0v) is 16.4. The second-order valence-electron chi connectivity index (χ2n) is 7.42. The second-order valence-corrected chi connectivity index (χ2v) is 7.42. The minimum Gasteiger partial charge on any atom is -0.391 e. The van der Waals surface area contributed by atoms with Gasteiger partial charge in [-0.05, 0) is 38.3 Å². The van der Waals surface area contributed by atoms with Gasteiger partial charge in [-0.25, -0.2) is 0 Å². The lowest BCUT2D eigenvalue weighted by Crippen LogP contribution is -2.49. The number of hydrogen-bond donors (Lipinski definition) is 2. The van der Waals surface area contributed by atoms with E-state index in [4.69, 9.17) is 0 Å². The number of aliphatic hydroxyl groups excluding tert-OH is 1. The number of hydrogen-bond acceptors (Lipinski definition) is 4. The zero-order valence-electron chi connectivity index (χ0n) is 16.4. The highest BCUT2D eigenvalue weighted by molar-refractivity contribution is 5.94. The van der Waals surface area contributed by atoms with Gasteiger partial charge in [0.1, 0.15) is 0 Å². The first kappa shape index (κ1) is 20.1. The number of aryl methyl sites for hydroxylation is 1. The average Bonchev–Trinajstić information content (AvgIpc) is 3.17. The Kier molecular flexibility index (Phi) is 6.46. The van der Waals surface area contributed by atoms with Crippen LogP contribution in [0.2, 0.25) is 0 Å². The van der Waals surface area contributed by atoms with E-state index < -0.39 is 12.1 Å². The van der Waals surface area contributed by atoms with Gasteiger partial charge in [0.15, 0.2) is 0 Å². The fourth-order valence-corrected chi connectivity index (χ4v) is 3.70. The molecule has 2 amide bonds. The molecule has 2 aromatic rings. The van der Waals surface area contributed by atoms with E-state index in [0.29, 0.717) is 31.4 Å². The first-order chi connectivity index (χ1) is 13.5. The van der Waals surface area contributed by atoms with Crippen LogP contribution in [0, 0.1) is 5.92 Å². The molecule has 0 saturated heterocycles. The van der Waals surface area contributed by atoms with Gasteiger partial charge in [-0.1, -0.05) is 18.2 Å². The van der Waals surface area contributed by atoms with E-state index in [1.807, 2.05) is 23.9 Å². The molecule has 1 aliphatic carbocycles. The van der Waals surface area contributed by atoms with E-state index in [9.17, 15) is 14.7 Å². The highest BCUT2D eigenvalue weighted by atomic mass is 16.3. The van der Waals surface area contributed by atoms with Crippen LogP contribution in [0.5, 0.6) is 0 Å². The number of benzene rings is 1. The first-order valence-corrected chi connectivity index (χ1v) is 9.78. The summed E-state index contributed by atoms with van der Waals surface area (Å²) in [5.74, 6) is -0.399. The maximum atomic E-state index is 12.9. The number of amides is 2. The highest BCUT2D eigenvalue weighted by Gasteiger charge is 2.35. The van der Waals surface area contributed by atoms with Crippen molar-refractivity contribution in [3.8, 4) is 0 Å². The van der Waals surface area contributed by atoms with Gasteiger partial charge >= 0.3 is 0 Å². The SMILES string of the molecule is CCn1cc(CN(C)C(=O)[C@H]2CC[C@@H](O)[C@H](NC(=O)c3ccccc3)C2)cn1. The van der Waals surface area contributed by atoms with Gasteiger partial charge < -0.3 is 15.3 Å². The third-order valence-corrected chi connectivity index (χ3v) is 5.32. The lowest BCUT2D eigenvalue weighted by molar-refractivity contribution is -0.136. The Labute approximate surface area is 165 Å². The summed E-state index contributed by atoms with van der Waals surface area (Å²) in [6, 6.07) is 8.49. The summed E-state index contributed by atoms with van der Waals surface area (Å²) in [4.78, 5) is 27.0. The fourth-order valence-electron chi connectivity index (χ4n) is 3.70. The standard InChI is InChI=1S/C21H28N4O3/c1-3-25-14-15(12-22-25)13-24(2)21(28)17-9-10-19(26)18(11-17)23-20(27)16-7-5-4-6-8-16/h4-8,12,14,17-19,26H,3,9-11,13H2,1-2H3,(H,23,27)/t17-,18+,19+/m0/s1. The Morgan fingerprint density at radius 1 is 1.29 bits per heavy atom. The molecule has 7 heteroatoms. The van der Waals surface area contributed by atoms with Crippen molar-refractivity contribution in [1.82, 2.24) is 20.0 Å². The molecule has 1 heterocycles. The van der Waals surface area contributed by atoms with Gasteiger partial charge in [-0.3, -0.25) is 14.3 Å². The Hall–Kier alpha value is -2.67. The number of nitrogens with zero attached hydrogens (tertiary/aromatic N) is 3. The number of carbonyl (C=O) groups excluding carboxylic acids is 2. The van der Waals surface area contributed by atoms with E-state index >= 15 is 0 Å². The molecule has 0 spiro atoms. The van der Waals surface area contributed by atoms with Crippen LogP contribution in [0.3, 0.4) is 0 Å². The predicted octanol–water partition coefficient (Wildman–Crippen LogP) is 1.82. The van der Waals surface area contributed by atoms with E-state index in [-0.39, 0.29) is 17.7 Å². The molecule has 7 nitrogen and oxygen atoms in total. The molecule has 0 radical (unpaired) electrons. The van der Waals surface area contributed by atoms with Gasteiger partial charge in [-0.15, -0.1) is 0 Å². The van der Waals surface area contributed by atoms with Crippen molar-refractivity contribution < 1.29 is 14.7 Å². The highest BCUT2D eigenvalue weighted by Crippen LogP contribution is 2.27. The molecule has 1 aliphatic rings. The minimum atomic E-state index is -0.634. The first-order valence-electron chi connectivity index (χ1n) is 9.78. The molecule has 1 aromatic carbocycles. The quantitative estimate of drug-likeness (QED) is 0.795. The van der Waals surface area contributed by atoms with E-state index in [0.717, 1.165) is 12.1 Å². The second kappa shape index (κ2) is 9.01. The summed E-state index contributed by atoms with van der Waals surface area (Å²) in [6.45, 7) is 3.31. The van der Waals surface area contributed by atoms with E-state index in [1.54, 1.807) is 42.4 Å². The topological polar surface area (TPSA) is 87.5 Å². The van der Waals surface area contributed by atoms with E-state index in [2.05, 4.69) is 10.4 Å². The minimum absolute atomic E-state index is 0.0371. The monoisotopic (exact) mass is 384 g/mol. The predicted molar refractivity (Wildman–Crippen MR) is 105 cm³/mol. The number of carbonyl (C=O) groups is 2. The summed E-state index contributed by atoms with van der Waals surface area (Å²) in [5, 5.41) is 17.5. The Morgan fingerprint density at radius 2 is 2.04 bits per heavy atom. The van der Waals surface area contributed by atoms with Crippen molar-refractivity contribution in [1.29, 1.82) is 0 Å². The fraction of sp³-hybridized carbons (Fsp3) is 0.476. The number of aliphatic hydroxyl groups is 1. The lowest BCUT2D eigenvalue weighted by atomic mass is 9.82. The summed E-state index contributed by atoms with van der Waals surface area (Å²) in [6.07, 6.45) is 4.65. The molecule has 3 rings (SSSR count). The van der Waals surface area contributed by atoms with Gasteiger partial charge in [-0.2, -0.15) is 5.10 Å². The van der Waals surface area contributed by atoms with Crippen molar-refractivity contribution in [3.63, 3.8) is 0 Å². The van der Waals surface area contributed by atoms with Gasteiger partial charge in [0.2, 0.25) is 5.91 Å². The molecule has 1 fully saturated rings. The average molecular weight is 384 g/mol. The molecular weight excluding hydrogens is 356 g/mol. The number of rotatable bonds is 6. The van der Waals surface area contributed by atoms with Gasteiger partial charge in [0.25, 0.3) is 5.91 Å². The van der Waals surface area contributed by atoms with Crippen LogP contribution in [0.25, 0.3) is 0 Å². The molecule has 150 valence electrons. The smallest absolute Gasteiger partial charge is 0.251 e. The van der Waals surface area contributed by atoms with Crippen molar-refractivity contribution in [2.24, 2.45) is 5.92 Å². The third kappa shape index (κ3) is 4.78. The van der Waals surface area contributed by atoms with Crippen LogP contribution >= 0.6 is 0 Å². The molecule has 0 bridgehead atoms.